The van der Waals surface area contributed by atoms with Crippen molar-refractivity contribution in [3.8, 4) is 5.75 Å². The van der Waals surface area contributed by atoms with E-state index in [0.717, 1.165) is 11.4 Å². The highest BCUT2D eigenvalue weighted by molar-refractivity contribution is 7.80. The van der Waals surface area contributed by atoms with E-state index in [-0.39, 0.29) is 12.1 Å². The molecule has 2 aromatic rings. The van der Waals surface area contributed by atoms with E-state index in [1.165, 1.54) is 11.1 Å². The third-order valence-corrected chi connectivity index (χ3v) is 3.69. The standard InChI is InChI=1S/C19H24N2OS/c1-13(2)22-17-10-7-9-16(12-17)21-19(23)20-15(4)18-11-6-5-8-14(18)3/h5-13,15H,1-4H3,(H2,20,21,23)/t15-/m0/s1. The molecule has 4 heteroatoms. The fraction of sp³-hybridized carbons (Fsp3) is 0.316. The zero-order valence-corrected chi connectivity index (χ0v) is 14.9. The summed E-state index contributed by atoms with van der Waals surface area (Å²) in [4.78, 5) is 0. The minimum Gasteiger partial charge on any atom is -0.491 e. The molecule has 0 heterocycles. The third-order valence-electron chi connectivity index (χ3n) is 3.47. The number of rotatable bonds is 5. The van der Waals surface area contributed by atoms with E-state index in [1.807, 2.05) is 50.2 Å². The van der Waals surface area contributed by atoms with Gasteiger partial charge in [0.2, 0.25) is 0 Å². The lowest BCUT2D eigenvalue weighted by molar-refractivity contribution is 0.242. The Morgan fingerprint density at radius 3 is 2.48 bits per heavy atom. The van der Waals surface area contributed by atoms with Crippen LogP contribution in [0.15, 0.2) is 48.5 Å². The number of aryl methyl sites for hydroxylation is 1. The zero-order chi connectivity index (χ0) is 16.8. The van der Waals surface area contributed by atoms with Crippen LogP contribution in [0.5, 0.6) is 5.75 Å². The maximum Gasteiger partial charge on any atom is 0.171 e. The van der Waals surface area contributed by atoms with Crippen molar-refractivity contribution in [2.24, 2.45) is 0 Å². The fourth-order valence-corrected chi connectivity index (χ4v) is 2.73. The maximum atomic E-state index is 5.70. The molecule has 0 saturated heterocycles. The molecule has 0 unspecified atom stereocenters. The number of benzene rings is 2. The summed E-state index contributed by atoms with van der Waals surface area (Å²) < 4.78 is 5.70. The lowest BCUT2D eigenvalue weighted by Crippen LogP contribution is -2.31. The van der Waals surface area contributed by atoms with Gasteiger partial charge in [-0.3, -0.25) is 0 Å². The van der Waals surface area contributed by atoms with Gasteiger partial charge >= 0.3 is 0 Å². The largest absolute Gasteiger partial charge is 0.491 e. The third kappa shape index (κ3) is 5.25. The fourth-order valence-electron chi connectivity index (χ4n) is 2.43. The first kappa shape index (κ1) is 17.3. The molecule has 2 aromatic carbocycles. The zero-order valence-electron chi connectivity index (χ0n) is 14.1. The summed E-state index contributed by atoms with van der Waals surface area (Å²) in [5.74, 6) is 0.833. The molecule has 0 radical (unpaired) electrons. The Kier molecular flexibility index (Phi) is 5.99. The lowest BCUT2D eigenvalue weighted by Gasteiger charge is -2.19. The number of hydrogen-bond donors (Lipinski definition) is 2. The molecule has 0 spiro atoms. The first-order valence-electron chi connectivity index (χ1n) is 7.85. The second-order valence-corrected chi connectivity index (χ2v) is 6.28. The molecule has 0 aliphatic carbocycles. The summed E-state index contributed by atoms with van der Waals surface area (Å²) in [7, 11) is 0. The Bertz CT molecular complexity index is 670. The van der Waals surface area contributed by atoms with Crippen molar-refractivity contribution in [3.05, 3.63) is 59.7 Å². The van der Waals surface area contributed by atoms with Crippen LogP contribution in [0.4, 0.5) is 5.69 Å². The maximum absolute atomic E-state index is 5.70. The van der Waals surface area contributed by atoms with Crippen molar-refractivity contribution >= 4 is 23.0 Å². The first-order valence-corrected chi connectivity index (χ1v) is 8.26. The van der Waals surface area contributed by atoms with Crippen LogP contribution in [0.2, 0.25) is 0 Å². The van der Waals surface area contributed by atoms with Crippen molar-refractivity contribution in [1.82, 2.24) is 5.32 Å². The molecule has 0 aliphatic heterocycles. The SMILES string of the molecule is Cc1ccccc1[C@H](C)NC(=S)Nc1cccc(OC(C)C)c1. The van der Waals surface area contributed by atoms with Gasteiger partial charge in [0, 0.05) is 11.8 Å². The van der Waals surface area contributed by atoms with Gasteiger partial charge in [0.05, 0.1) is 12.1 Å². The van der Waals surface area contributed by atoms with E-state index in [4.69, 9.17) is 17.0 Å². The predicted octanol–water partition coefficient (Wildman–Crippen LogP) is 4.83. The second kappa shape index (κ2) is 7.97. The van der Waals surface area contributed by atoms with E-state index in [9.17, 15) is 0 Å². The van der Waals surface area contributed by atoms with Crippen LogP contribution in [-0.2, 0) is 0 Å². The summed E-state index contributed by atoms with van der Waals surface area (Å²) in [6.07, 6.45) is 0.149. The average molecular weight is 328 g/mol. The van der Waals surface area contributed by atoms with Gasteiger partial charge in [-0.25, -0.2) is 0 Å². The van der Waals surface area contributed by atoms with Crippen LogP contribution in [0.1, 0.15) is 37.9 Å². The van der Waals surface area contributed by atoms with Crippen LogP contribution < -0.4 is 15.4 Å². The molecule has 1 atom stereocenters. The Balaban J connectivity index is 1.98. The van der Waals surface area contributed by atoms with Gasteiger partial charge < -0.3 is 15.4 Å². The highest BCUT2D eigenvalue weighted by atomic mass is 32.1. The van der Waals surface area contributed by atoms with Crippen LogP contribution in [-0.4, -0.2) is 11.2 Å². The van der Waals surface area contributed by atoms with E-state index in [2.05, 4.69) is 36.6 Å². The Labute approximate surface area is 144 Å². The van der Waals surface area contributed by atoms with Crippen molar-refractivity contribution in [1.29, 1.82) is 0 Å². The summed E-state index contributed by atoms with van der Waals surface area (Å²) in [5, 5.41) is 7.14. The van der Waals surface area contributed by atoms with E-state index in [1.54, 1.807) is 0 Å². The monoisotopic (exact) mass is 328 g/mol. The quantitative estimate of drug-likeness (QED) is 0.770. The summed E-state index contributed by atoms with van der Waals surface area (Å²) >= 11 is 5.42. The minimum absolute atomic E-state index is 0.145. The summed E-state index contributed by atoms with van der Waals surface area (Å²) in [5.41, 5.74) is 3.41. The number of thiocarbonyl (C=S) groups is 1. The lowest BCUT2D eigenvalue weighted by atomic mass is 10.0. The van der Waals surface area contributed by atoms with E-state index in [0.29, 0.717) is 5.11 Å². The molecule has 0 bridgehead atoms. The Hall–Kier alpha value is -2.07. The average Bonchev–Trinajstić information content (AvgIpc) is 2.47. The van der Waals surface area contributed by atoms with Crippen LogP contribution in [0.25, 0.3) is 0 Å². The second-order valence-electron chi connectivity index (χ2n) is 5.87. The van der Waals surface area contributed by atoms with Crippen LogP contribution in [0.3, 0.4) is 0 Å². The van der Waals surface area contributed by atoms with Crippen molar-refractivity contribution in [2.45, 2.75) is 39.8 Å². The van der Waals surface area contributed by atoms with Crippen LogP contribution >= 0.6 is 12.2 Å². The van der Waals surface area contributed by atoms with Gasteiger partial charge in [-0.15, -0.1) is 0 Å². The molecule has 0 saturated carbocycles. The summed E-state index contributed by atoms with van der Waals surface area (Å²) in [6, 6.07) is 16.3. The van der Waals surface area contributed by atoms with Crippen molar-refractivity contribution in [3.63, 3.8) is 0 Å². The highest BCUT2D eigenvalue weighted by Gasteiger charge is 2.09. The van der Waals surface area contributed by atoms with Gasteiger partial charge in [0.1, 0.15) is 5.75 Å². The minimum atomic E-state index is 0.145. The molecule has 0 aliphatic rings. The van der Waals surface area contributed by atoms with Gasteiger partial charge in [0.15, 0.2) is 5.11 Å². The van der Waals surface area contributed by atoms with E-state index < -0.39 is 0 Å². The predicted molar refractivity (Wildman–Crippen MR) is 101 cm³/mol. The number of ether oxygens (including phenoxy) is 1. The number of nitrogens with one attached hydrogen (secondary N) is 2. The van der Waals surface area contributed by atoms with Gasteiger partial charge in [0.25, 0.3) is 0 Å². The van der Waals surface area contributed by atoms with Gasteiger partial charge in [-0.05, 0) is 63.2 Å². The molecular weight excluding hydrogens is 304 g/mol. The molecule has 23 heavy (non-hydrogen) atoms. The van der Waals surface area contributed by atoms with Gasteiger partial charge in [-0.2, -0.15) is 0 Å². The first-order chi connectivity index (χ1) is 11.0. The molecule has 3 nitrogen and oxygen atoms in total. The summed E-state index contributed by atoms with van der Waals surface area (Å²) in [6.45, 7) is 8.23. The van der Waals surface area contributed by atoms with Crippen LogP contribution in [0, 0.1) is 6.92 Å². The number of hydrogen-bond acceptors (Lipinski definition) is 2. The molecule has 0 fully saturated rings. The Morgan fingerprint density at radius 2 is 1.78 bits per heavy atom. The molecule has 0 amide bonds. The molecular formula is C19H24N2OS. The Morgan fingerprint density at radius 1 is 1.04 bits per heavy atom. The smallest absolute Gasteiger partial charge is 0.171 e. The number of anilines is 1. The topological polar surface area (TPSA) is 33.3 Å². The molecule has 2 rings (SSSR count). The van der Waals surface area contributed by atoms with Gasteiger partial charge in [-0.1, -0.05) is 30.3 Å². The van der Waals surface area contributed by atoms with E-state index >= 15 is 0 Å². The molecule has 122 valence electrons. The molecule has 0 aromatic heterocycles. The van der Waals surface area contributed by atoms with Crippen molar-refractivity contribution in [2.75, 3.05) is 5.32 Å². The van der Waals surface area contributed by atoms with Crippen molar-refractivity contribution < 1.29 is 4.74 Å². The highest BCUT2D eigenvalue weighted by Crippen LogP contribution is 2.20. The normalized spacial score (nSPS) is 11.9. The molecule has 2 N–H and O–H groups in total.